The molecule has 2 heterocycles. The Labute approximate surface area is 141 Å². The molecular weight excluding hydrogens is 300 g/mol. The number of aryl methyl sites for hydroxylation is 1. The van der Waals surface area contributed by atoms with Crippen molar-refractivity contribution in [1.29, 1.82) is 0 Å². The van der Waals surface area contributed by atoms with Gasteiger partial charge < -0.3 is 4.74 Å². The molecule has 1 aliphatic rings. The summed E-state index contributed by atoms with van der Waals surface area (Å²) in [6.45, 7) is 0.809. The van der Waals surface area contributed by atoms with Gasteiger partial charge in [0.2, 0.25) is 0 Å². The van der Waals surface area contributed by atoms with Crippen molar-refractivity contribution in [2.75, 3.05) is 6.61 Å². The molecule has 1 aliphatic heterocycles. The van der Waals surface area contributed by atoms with Crippen molar-refractivity contribution in [1.82, 2.24) is 20.2 Å². The summed E-state index contributed by atoms with van der Waals surface area (Å²) >= 11 is 0. The molecular formula is C19H20N4O. The molecule has 0 N–H and O–H groups in total. The van der Waals surface area contributed by atoms with E-state index in [2.05, 4.69) is 39.8 Å². The summed E-state index contributed by atoms with van der Waals surface area (Å²) in [7, 11) is 0. The highest BCUT2D eigenvalue weighted by molar-refractivity contribution is 5.31. The summed E-state index contributed by atoms with van der Waals surface area (Å²) in [6.07, 6.45) is 4.02. The smallest absolute Gasteiger partial charge is 0.156 e. The van der Waals surface area contributed by atoms with E-state index in [1.54, 1.807) is 0 Å². The van der Waals surface area contributed by atoms with Gasteiger partial charge in [0.15, 0.2) is 5.82 Å². The number of rotatable bonds is 5. The highest BCUT2D eigenvalue weighted by atomic mass is 16.5. The Hall–Kier alpha value is -2.53. The summed E-state index contributed by atoms with van der Waals surface area (Å²) < 4.78 is 7.80. The molecule has 4 rings (SSSR count). The average Bonchev–Trinajstić information content (AvgIpc) is 3.11. The lowest BCUT2D eigenvalue weighted by atomic mass is 9.94. The minimum atomic E-state index is 0.191. The standard InChI is InChI=1S/C19H20N4O/c1-2-8-16(9-3-1)23-19(20-21-22-23)12-6-11-18-17-10-5-4-7-15(17)13-14-24-18/h1-5,7-10,18H,6,11-14H2. The van der Waals surface area contributed by atoms with Crippen LogP contribution in [0.1, 0.15) is 35.9 Å². The fraction of sp³-hybridized carbons (Fsp3) is 0.316. The van der Waals surface area contributed by atoms with E-state index < -0.39 is 0 Å². The number of benzene rings is 2. The van der Waals surface area contributed by atoms with Crippen LogP contribution in [0.4, 0.5) is 0 Å². The van der Waals surface area contributed by atoms with Gasteiger partial charge in [-0.15, -0.1) is 5.10 Å². The SMILES string of the molecule is c1ccc(-n2nnnc2CCCC2OCCc3ccccc32)cc1. The Morgan fingerprint density at radius 3 is 2.79 bits per heavy atom. The first-order valence-corrected chi connectivity index (χ1v) is 8.44. The maximum absolute atomic E-state index is 5.98. The van der Waals surface area contributed by atoms with E-state index in [0.29, 0.717) is 0 Å². The molecule has 3 aromatic rings. The maximum Gasteiger partial charge on any atom is 0.156 e. The molecule has 0 spiro atoms. The second kappa shape index (κ2) is 6.93. The van der Waals surface area contributed by atoms with Crippen molar-refractivity contribution in [3.8, 4) is 5.69 Å². The first kappa shape index (κ1) is 15.0. The zero-order chi connectivity index (χ0) is 16.2. The number of aromatic nitrogens is 4. The third-order valence-electron chi connectivity index (χ3n) is 4.49. The van der Waals surface area contributed by atoms with Gasteiger partial charge in [-0.2, -0.15) is 4.68 Å². The molecule has 0 fully saturated rings. The van der Waals surface area contributed by atoms with E-state index in [0.717, 1.165) is 43.8 Å². The van der Waals surface area contributed by atoms with Gasteiger partial charge in [0.05, 0.1) is 18.4 Å². The van der Waals surface area contributed by atoms with Crippen LogP contribution in [0, 0.1) is 0 Å². The molecule has 0 amide bonds. The number of tetrazole rings is 1. The minimum Gasteiger partial charge on any atom is -0.373 e. The lowest BCUT2D eigenvalue weighted by Crippen LogP contribution is -2.16. The van der Waals surface area contributed by atoms with Gasteiger partial charge in [0, 0.05) is 6.42 Å². The van der Waals surface area contributed by atoms with Crippen molar-refractivity contribution in [3.05, 3.63) is 71.5 Å². The van der Waals surface area contributed by atoms with Crippen LogP contribution in [-0.2, 0) is 17.6 Å². The second-order valence-electron chi connectivity index (χ2n) is 6.04. The molecule has 1 aromatic heterocycles. The van der Waals surface area contributed by atoms with Crippen LogP contribution < -0.4 is 0 Å². The van der Waals surface area contributed by atoms with Crippen LogP contribution in [0.5, 0.6) is 0 Å². The van der Waals surface area contributed by atoms with Crippen LogP contribution in [-0.4, -0.2) is 26.8 Å². The maximum atomic E-state index is 5.98. The second-order valence-corrected chi connectivity index (χ2v) is 6.04. The Morgan fingerprint density at radius 2 is 1.88 bits per heavy atom. The lowest BCUT2D eigenvalue weighted by Gasteiger charge is -2.26. The van der Waals surface area contributed by atoms with Crippen LogP contribution in [0.2, 0.25) is 0 Å². The van der Waals surface area contributed by atoms with Crippen LogP contribution in [0.3, 0.4) is 0 Å². The first-order valence-electron chi connectivity index (χ1n) is 8.44. The number of hydrogen-bond donors (Lipinski definition) is 0. The Kier molecular flexibility index (Phi) is 4.34. The highest BCUT2D eigenvalue weighted by Gasteiger charge is 2.20. The zero-order valence-corrected chi connectivity index (χ0v) is 13.5. The molecule has 0 saturated heterocycles. The summed E-state index contributed by atoms with van der Waals surface area (Å²) in [5.41, 5.74) is 3.76. The molecule has 0 saturated carbocycles. The molecule has 1 atom stereocenters. The third kappa shape index (κ3) is 3.08. The van der Waals surface area contributed by atoms with E-state index in [4.69, 9.17) is 4.74 Å². The fourth-order valence-corrected chi connectivity index (χ4v) is 3.29. The molecule has 24 heavy (non-hydrogen) atoms. The monoisotopic (exact) mass is 320 g/mol. The molecule has 0 aliphatic carbocycles. The summed E-state index contributed by atoms with van der Waals surface area (Å²) in [5.74, 6) is 0.894. The van der Waals surface area contributed by atoms with Gasteiger partial charge in [-0.25, -0.2) is 0 Å². The Morgan fingerprint density at radius 1 is 1.04 bits per heavy atom. The topological polar surface area (TPSA) is 52.8 Å². The van der Waals surface area contributed by atoms with E-state index in [1.807, 2.05) is 35.0 Å². The average molecular weight is 320 g/mol. The van der Waals surface area contributed by atoms with Gasteiger partial charge in [-0.3, -0.25) is 0 Å². The number of hydrogen-bond acceptors (Lipinski definition) is 4. The first-order chi connectivity index (χ1) is 11.9. The molecule has 122 valence electrons. The van der Waals surface area contributed by atoms with Gasteiger partial charge >= 0.3 is 0 Å². The highest BCUT2D eigenvalue weighted by Crippen LogP contribution is 2.30. The Bertz CT molecular complexity index is 800. The normalized spacial score (nSPS) is 16.8. The van der Waals surface area contributed by atoms with Crippen molar-refractivity contribution < 1.29 is 4.74 Å². The zero-order valence-electron chi connectivity index (χ0n) is 13.5. The Balaban J connectivity index is 1.42. The fourth-order valence-electron chi connectivity index (χ4n) is 3.29. The summed E-state index contributed by atoms with van der Waals surface area (Å²) in [6, 6.07) is 18.6. The van der Waals surface area contributed by atoms with E-state index >= 15 is 0 Å². The van der Waals surface area contributed by atoms with E-state index in [1.165, 1.54) is 11.1 Å². The predicted molar refractivity (Wildman–Crippen MR) is 90.9 cm³/mol. The van der Waals surface area contributed by atoms with E-state index in [9.17, 15) is 0 Å². The lowest BCUT2D eigenvalue weighted by molar-refractivity contribution is 0.0352. The molecule has 5 heteroatoms. The molecule has 0 bridgehead atoms. The van der Waals surface area contributed by atoms with Crippen LogP contribution in [0.25, 0.3) is 5.69 Å². The van der Waals surface area contributed by atoms with Crippen LogP contribution >= 0.6 is 0 Å². The van der Waals surface area contributed by atoms with Gasteiger partial charge in [0.25, 0.3) is 0 Å². The number of fused-ring (bicyclic) bond motifs is 1. The minimum absolute atomic E-state index is 0.191. The molecule has 5 nitrogen and oxygen atoms in total. The van der Waals surface area contributed by atoms with Gasteiger partial charge in [-0.05, 0) is 52.9 Å². The van der Waals surface area contributed by atoms with Crippen molar-refractivity contribution >= 4 is 0 Å². The van der Waals surface area contributed by atoms with Crippen LogP contribution in [0.15, 0.2) is 54.6 Å². The molecule has 0 radical (unpaired) electrons. The molecule has 1 unspecified atom stereocenters. The number of ether oxygens (including phenoxy) is 1. The third-order valence-corrected chi connectivity index (χ3v) is 4.49. The van der Waals surface area contributed by atoms with Crippen molar-refractivity contribution in [3.63, 3.8) is 0 Å². The number of para-hydroxylation sites is 1. The summed E-state index contributed by atoms with van der Waals surface area (Å²) in [5, 5.41) is 12.1. The van der Waals surface area contributed by atoms with Gasteiger partial charge in [-0.1, -0.05) is 42.5 Å². The van der Waals surface area contributed by atoms with Crippen molar-refractivity contribution in [2.24, 2.45) is 0 Å². The molecule has 2 aromatic carbocycles. The van der Waals surface area contributed by atoms with E-state index in [-0.39, 0.29) is 6.10 Å². The van der Waals surface area contributed by atoms with Crippen molar-refractivity contribution in [2.45, 2.75) is 31.8 Å². The summed E-state index contributed by atoms with van der Waals surface area (Å²) in [4.78, 5) is 0. The number of nitrogens with zero attached hydrogens (tertiary/aromatic N) is 4. The largest absolute Gasteiger partial charge is 0.373 e. The van der Waals surface area contributed by atoms with Gasteiger partial charge in [0.1, 0.15) is 0 Å². The predicted octanol–water partition coefficient (Wildman–Crippen LogP) is 3.30. The quantitative estimate of drug-likeness (QED) is 0.724.